The maximum Gasteiger partial charge on any atom is 0.225 e. The van der Waals surface area contributed by atoms with Gasteiger partial charge in [-0.3, -0.25) is 4.79 Å². The number of anilines is 1. The van der Waals surface area contributed by atoms with Crippen molar-refractivity contribution in [2.75, 3.05) is 25.5 Å². The molecule has 1 aromatic carbocycles. The van der Waals surface area contributed by atoms with Crippen LogP contribution in [0.4, 0.5) is 5.69 Å². The molecule has 0 atom stereocenters. The van der Waals surface area contributed by atoms with Crippen molar-refractivity contribution in [2.45, 2.75) is 19.3 Å². The summed E-state index contributed by atoms with van der Waals surface area (Å²) >= 11 is 0. The van der Waals surface area contributed by atoms with E-state index in [0.29, 0.717) is 17.7 Å². The Morgan fingerprint density at radius 3 is 3.00 bits per heavy atom. The van der Waals surface area contributed by atoms with E-state index in [1.807, 2.05) is 0 Å². The molecule has 1 aliphatic rings. The molecule has 19 heavy (non-hydrogen) atoms. The van der Waals surface area contributed by atoms with Gasteiger partial charge in [-0.2, -0.15) is 5.26 Å². The molecule has 4 nitrogen and oxygen atoms in total. The second kappa shape index (κ2) is 6.35. The number of carbonyl (C=O) groups excluding carboxylic acids is 1. The molecule has 1 aliphatic carbocycles. The standard InChI is InChI=1S/C15H19N3O/c1-18(11-12-5-6-12)8-7-15(19)17-14-4-2-3-13(9-14)10-16/h2-4,9,12H,5-8,11H2,1H3,(H,17,19). The number of nitriles is 1. The molecule has 0 radical (unpaired) electrons. The Morgan fingerprint density at radius 2 is 2.32 bits per heavy atom. The van der Waals surface area contributed by atoms with E-state index in [-0.39, 0.29) is 5.91 Å². The Balaban J connectivity index is 1.75. The third-order valence-corrected chi connectivity index (χ3v) is 3.26. The van der Waals surface area contributed by atoms with Crippen molar-refractivity contribution in [2.24, 2.45) is 5.92 Å². The maximum atomic E-state index is 11.8. The van der Waals surface area contributed by atoms with Gasteiger partial charge in [0.05, 0.1) is 11.6 Å². The Labute approximate surface area is 114 Å². The molecular weight excluding hydrogens is 238 g/mol. The molecule has 1 fully saturated rings. The molecule has 100 valence electrons. The first-order chi connectivity index (χ1) is 9.17. The van der Waals surface area contributed by atoms with Gasteiger partial charge in [0.25, 0.3) is 0 Å². The molecule has 0 spiro atoms. The minimum atomic E-state index is -0.00210. The van der Waals surface area contributed by atoms with Gasteiger partial charge >= 0.3 is 0 Å². The quantitative estimate of drug-likeness (QED) is 0.850. The van der Waals surface area contributed by atoms with Crippen LogP contribution in [0.1, 0.15) is 24.8 Å². The minimum Gasteiger partial charge on any atom is -0.326 e. The number of carbonyl (C=O) groups is 1. The van der Waals surface area contributed by atoms with Crippen molar-refractivity contribution in [3.63, 3.8) is 0 Å². The van der Waals surface area contributed by atoms with Crippen LogP contribution in [0.25, 0.3) is 0 Å². The zero-order valence-corrected chi connectivity index (χ0v) is 11.2. The monoisotopic (exact) mass is 257 g/mol. The third kappa shape index (κ3) is 4.72. The number of hydrogen-bond donors (Lipinski definition) is 1. The highest BCUT2D eigenvalue weighted by molar-refractivity contribution is 5.90. The largest absolute Gasteiger partial charge is 0.326 e. The van der Waals surface area contributed by atoms with Crippen molar-refractivity contribution >= 4 is 11.6 Å². The zero-order valence-electron chi connectivity index (χ0n) is 11.2. The summed E-state index contributed by atoms with van der Waals surface area (Å²) in [5, 5.41) is 11.6. The van der Waals surface area contributed by atoms with Crippen LogP contribution in [0.3, 0.4) is 0 Å². The summed E-state index contributed by atoms with van der Waals surface area (Å²) in [5.41, 5.74) is 1.25. The van der Waals surface area contributed by atoms with Gasteiger partial charge in [0, 0.05) is 25.2 Å². The first-order valence-corrected chi connectivity index (χ1v) is 6.66. The van der Waals surface area contributed by atoms with Crippen molar-refractivity contribution in [3.8, 4) is 6.07 Å². The van der Waals surface area contributed by atoms with Gasteiger partial charge in [0.2, 0.25) is 5.91 Å². The van der Waals surface area contributed by atoms with E-state index < -0.39 is 0 Å². The predicted octanol–water partition coefficient (Wildman–Crippen LogP) is 2.23. The molecule has 1 N–H and O–H groups in total. The van der Waals surface area contributed by atoms with Gasteiger partial charge in [-0.15, -0.1) is 0 Å². The first kappa shape index (κ1) is 13.6. The zero-order chi connectivity index (χ0) is 13.7. The summed E-state index contributed by atoms with van der Waals surface area (Å²) < 4.78 is 0. The van der Waals surface area contributed by atoms with E-state index in [9.17, 15) is 4.79 Å². The lowest BCUT2D eigenvalue weighted by atomic mass is 10.2. The van der Waals surface area contributed by atoms with E-state index in [4.69, 9.17) is 5.26 Å². The number of benzene rings is 1. The maximum absolute atomic E-state index is 11.8. The fourth-order valence-corrected chi connectivity index (χ4v) is 2.01. The van der Waals surface area contributed by atoms with Gasteiger partial charge in [-0.25, -0.2) is 0 Å². The van der Waals surface area contributed by atoms with Crippen molar-refractivity contribution in [1.29, 1.82) is 5.26 Å². The molecule has 0 heterocycles. The smallest absolute Gasteiger partial charge is 0.225 e. The van der Waals surface area contributed by atoms with E-state index in [1.54, 1.807) is 24.3 Å². The van der Waals surface area contributed by atoms with Crippen LogP contribution in [0.5, 0.6) is 0 Å². The molecule has 1 amide bonds. The number of rotatable bonds is 6. The Bertz CT molecular complexity index is 488. The lowest BCUT2D eigenvalue weighted by Gasteiger charge is -2.15. The van der Waals surface area contributed by atoms with E-state index in [1.165, 1.54) is 12.8 Å². The van der Waals surface area contributed by atoms with Crippen LogP contribution >= 0.6 is 0 Å². The molecule has 1 aromatic rings. The molecule has 0 aliphatic heterocycles. The molecule has 0 aromatic heterocycles. The number of nitrogens with one attached hydrogen (secondary N) is 1. The van der Waals surface area contributed by atoms with Gasteiger partial charge in [0.15, 0.2) is 0 Å². The highest BCUT2D eigenvalue weighted by atomic mass is 16.1. The van der Waals surface area contributed by atoms with E-state index >= 15 is 0 Å². The Kier molecular flexibility index (Phi) is 4.53. The van der Waals surface area contributed by atoms with E-state index in [0.717, 1.165) is 19.0 Å². The molecule has 0 saturated heterocycles. The summed E-state index contributed by atoms with van der Waals surface area (Å²) in [6.07, 6.45) is 3.15. The summed E-state index contributed by atoms with van der Waals surface area (Å²) in [7, 11) is 2.06. The summed E-state index contributed by atoms with van der Waals surface area (Å²) in [6, 6.07) is 9.04. The lowest BCUT2D eigenvalue weighted by Crippen LogP contribution is -2.26. The fraction of sp³-hybridized carbons (Fsp3) is 0.467. The van der Waals surface area contributed by atoms with E-state index in [2.05, 4.69) is 23.3 Å². The SMILES string of the molecule is CN(CCC(=O)Nc1cccc(C#N)c1)CC1CC1. The summed E-state index contributed by atoms with van der Waals surface area (Å²) in [5.74, 6) is 0.845. The second-order valence-corrected chi connectivity index (χ2v) is 5.20. The van der Waals surface area contributed by atoms with Gasteiger partial charge in [0.1, 0.15) is 0 Å². The highest BCUT2D eigenvalue weighted by Crippen LogP contribution is 2.29. The van der Waals surface area contributed by atoms with Crippen LogP contribution < -0.4 is 5.32 Å². The average molecular weight is 257 g/mol. The summed E-state index contributed by atoms with van der Waals surface area (Å²) in [6.45, 7) is 1.87. The predicted molar refractivity (Wildman–Crippen MR) is 74.6 cm³/mol. The number of nitrogens with zero attached hydrogens (tertiary/aromatic N) is 2. The minimum absolute atomic E-state index is 0.00210. The van der Waals surface area contributed by atoms with Crippen molar-refractivity contribution in [1.82, 2.24) is 4.90 Å². The molecule has 0 unspecified atom stereocenters. The molecule has 4 heteroatoms. The van der Waals surface area contributed by atoms with Gasteiger partial charge in [-0.05, 0) is 44.0 Å². The third-order valence-electron chi connectivity index (χ3n) is 3.26. The van der Waals surface area contributed by atoms with Crippen LogP contribution in [0.15, 0.2) is 24.3 Å². The molecule has 0 bridgehead atoms. The van der Waals surface area contributed by atoms with Gasteiger partial charge in [-0.1, -0.05) is 6.07 Å². The van der Waals surface area contributed by atoms with Crippen LogP contribution in [0.2, 0.25) is 0 Å². The van der Waals surface area contributed by atoms with Crippen LogP contribution in [0, 0.1) is 17.2 Å². The molecular formula is C15H19N3O. The Hall–Kier alpha value is -1.86. The molecule has 1 saturated carbocycles. The van der Waals surface area contributed by atoms with Crippen LogP contribution in [-0.4, -0.2) is 30.9 Å². The highest BCUT2D eigenvalue weighted by Gasteiger charge is 2.22. The second-order valence-electron chi connectivity index (χ2n) is 5.20. The number of hydrogen-bond acceptors (Lipinski definition) is 3. The van der Waals surface area contributed by atoms with Crippen molar-refractivity contribution < 1.29 is 4.79 Å². The lowest BCUT2D eigenvalue weighted by molar-refractivity contribution is -0.116. The normalized spacial score (nSPS) is 14.2. The van der Waals surface area contributed by atoms with Crippen molar-refractivity contribution in [3.05, 3.63) is 29.8 Å². The molecule has 2 rings (SSSR count). The average Bonchev–Trinajstić information content (AvgIpc) is 3.20. The number of amides is 1. The first-order valence-electron chi connectivity index (χ1n) is 6.66. The Morgan fingerprint density at radius 1 is 1.53 bits per heavy atom. The topological polar surface area (TPSA) is 56.1 Å². The van der Waals surface area contributed by atoms with Crippen LogP contribution in [-0.2, 0) is 4.79 Å². The fourth-order valence-electron chi connectivity index (χ4n) is 2.01. The van der Waals surface area contributed by atoms with Gasteiger partial charge < -0.3 is 10.2 Å². The summed E-state index contributed by atoms with van der Waals surface area (Å²) in [4.78, 5) is 14.0.